The Morgan fingerprint density at radius 1 is 0.279 bits per heavy atom. The predicted octanol–water partition coefficient (Wildman–Crippen LogP) is 35.7. The van der Waals surface area contributed by atoms with Crippen LogP contribution in [0.4, 0.5) is 0 Å². The third-order valence-electron chi connectivity index (χ3n) is 22.5. The summed E-state index contributed by atoms with van der Waals surface area (Å²) >= 11 is -1.04. The van der Waals surface area contributed by atoms with Crippen molar-refractivity contribution < 1.29 is 50.2 Å². The summed E-state index contributed by atoms with van der Waals surface area (Å²) in [5.74, 6) is 2.81. The van der Waals surface area contributed by atoms with Gasteiger partial charge in [-0.2, -0.15) is 9.13 Å². The molecule has 7 nitrogen and oxygen atoms in total. The van der Waals surface area contributed by atoms with Crippen LogP contribution in [0.2, 0.25) is 0 Å². The number of rotatable bonds is 12. The molecular formula is C113H144Cl6N6ORu3. The average molecular weight is 2120 g/mol. The van der Waals surface area contributed by atoms with Gasteiger partial charge in [-0.25, -0.2) is 18.3 Å². The van der Waals surface area contributed by atoms with Crippen molar-refractivity contribution in [1.82, 2.24) is 27.4 Å². The molecule has 14 rings (SSSR count). The van der Waals surface area contributed by atoms with E-state index in [0.717, 1.165) is 22.7 Å². The third kappa shape index (κ3) is 33.3. The van der Waals surface area contributed by atoms with Crippen molar-refractivity contribution in [2.75, 3.05) is 7.11 Å². The molecule has 0 aliphatic heterocycles. The number of aromatic nitrogens is 6. The van der Waals surface area contributed by atoms with E-state index >= 15 is 0 Å². The SMILES string of the molecule is COc1ccc(-c2c(-c3ccc(C)cc3)n(-c3cc(C(C)(C)C)ccc3C)[cH+]n2-c2cc(C)ccc2C)cc1.Cc1cc(C)c(-n2[cH+]n(-c3c(C)cc(C)cc3C)c(C)c2C)c(C)c1.Cc1cc(C)c(-n2ccn(-c3c(C)cc(C)cc3C)[cH+]2)c(C)c1.Cc1ccc(C(C)C)cc1.Cc1ccc(C(C)C)cc1.Cc1ccc(C(C)C)cc1.[CH3-].[CH3-].[CH3-].[Cl][Ru][Cl].[Cl][Ru][Cl].[Cl][Ru][Cl]. The molecule has 0 amide bonds. The van der Waals surface area contributed by atoms with Crippen molar-refractivity contribution in [3.63, 3.8) is 0 Å². The molecule has 0 aliphatic rings. The average Bonchev–Trinajstić information content (AvgIpc) is 1.59. The predicted molar refractivity (Wildman–Crippen MR) is 560 cm³/mol. The second kappa shape index (κ2) is 55.2. The van der Waals surface area contributed by atoms with Crippen molar-refractivity contribution >= 4 is 58.1 Å². The summed E-state index contributed by atoms with van der Waals surface area (Å²) in [6, 6.07) is 75.0. The third-order valence-corrected chi connectivity index (χ3v) is 22.5. The van der Waals surface area contributed by atoms with E-state index in [0.29, 0.717) is 17.8 Å². The standard InChI is InChI=1S/C36H39N2O.C23H29N2.C21H25N2.3C10H14.3CH3.6ClH.3Ru/c1-24-10-14-28(15-11-24)34-35(29-16-19-31(39-8)20-17-29)37(32-21-25(2)9-12-26(32)3)23-38(34)33-22-30(36(5,6)7)18-13-27(33)4;1-14-9-16(3)22(17(4)10-14)24-13-25(21(8)20(24)7)23-18(5)11-15(2)12-19(23)6;1-14-9-16(3)20(17(4)10-14)22-7-8-23(13-22)21-18(5)11-15(2)12-19(21)6;3*1-8(2)10-6-4-9(3)5-7-10;;;;;;;;;;;;/h9-23H,1-8H3;9-13H,1-8H3;7-13H,1-6H3;3*4-8H,1-3H3;3*1H3;6*1H;;;/q3*+1;;;;3*-1;;;;;;;3*+2/p-6. The van der Waals surface area contributed by atoms with E-state index in [1.54, 1.807) is 7.11 Å². The molecule has 698 valence electrons. The van der Waals surface area contributed by atoms with E-state index in [4.69, 9.17) is 62.9 Å². The normalized spacial score (nSPS) is 10.6. The molecule has 0 saturated carbocycles. The minimum atomic E-state index is -0.346. The summed E-state index contributed by atoms with van der Waals surface area (Å²) in [5.41, 5.74) is 45.1. The molecule has 0 spiro atoms. The van der Waals surface area contributed by atoms with Crippen LogP contribution >= 0.6 is 58.1 Å². The number of methoxy groups -OCH3 is 1. The number of hydrogen-bond donors (Lipinski definition) is 0. The first-order valence-corrected chi connectivity index (χ1v) is 56.3. The fraction of sp³-hybridized carbons (Fsp3) is 0.310. The molecular weight excluding hydrogens is 1970 g/mol. The van der Waals surface area contributed by atoms with Crippen molar-refractivity contribution in [2.45, 2.75) is 231 Å². The minimum absolute atomic E-state index is 0. The van der Waals surface area contributed by atoms with Crippen molar-refractivity contribution in [2.24, 2.45) is 0 Å². The molecule has 3 aromatic heterocycles. The Bertz CT molecular complexity index is 5450. The molecule has 0 saturated heterocycles. The summed E-state index contributed by atoms with van der Waals surface area (Å²) in [4.78, 5) is 0. The van der Waals surface area contributed by atoms with Crippen LogP contribution in [-0.2, 0) is 50.9 Å². The molecule has 0 N–H and O–H groups in total. The first-order chi connectivity index (χ1) is 59.5. The number of hydrogen-bond acceptors (Lipinski definition) is 1. The summed E-state index contributed by atoms with van der Waals surface area (Å²) in [5, 5.41) is 0. The molecule has 0 atom stereocenters. The van der Waals surface area contributed by atoms with Gasteiger partial charge in [-0.3, -0.25) is 0 Å². The zero-order valence-electron chi connectivity index (χ0n) is 83.2. The molecule has 129 heavy (non-hydrogen) atoms. The zero-order valence-corrected chi connectivity index (χ0v) is 92.9. The fourth-order valence-corrected chi connectivity index (χ4v) is 16.0. The summed E-state index contributed by atoms with van der Waals surface area (Å²) in [6.45, 7) is 65.7. The van der Waals surface area contributed by atoms with Crippen LogP contribution < -0.4 is 4.74 Å². The van der Waals surface area contributed by atoms with Gasteiger partial charge in [0.1, 0.15) is 63.7 Å². The van der Waals surface area contributed by atoms with Gasteiger partial charge in [0.2, 0.25) is 0 Å². The van der Waals surface area contributed by atoms with Crippen LogP contribution in [0.5, 0.6) is 5.75 Å². The van der Waals surface area contributed by atoms with Gasteiger partial charge < -0.3 is 27.0 Å². The Labute approximate surface area is 827 Å². The molecule has 11 aromatic carbocycles. The van der Waals surface area contributed by atoms with Crippen LogP contribution in [0.25, 0.3) is 56.6 Å². The Morgan fingerprint density at radius 3 is 0.806 bits per heavy atom. The maximum atomic E-state index is 5.51. The van der Waals surface area contributed by atoms with E-state index in [1.165, 1.54) is 179 Å². The van der Waals surface area contributed by atoms with Gasteiger partial charge in [0, 0.05) is 86.7 Å². The number of aryl methyl sites for hydroxylation is 19. The fourth-order valence-electron chi connectivity index (χ4n) is 16.0. The van der Waals surface area contributed by atoms with Crippen molar-refractivity contribution in [3.8, 4) is 62.4 Å². The first kappa shape index (κ1) is 116. The maximum absolute atomic E-state index is 5.51. The number of halogens is 6. The number of nitrogens with zero attached hydrogens (tertiary/aromatic N) is 6. The van der Waals surface area contributed by atoms with Crippen LogP contribution in [0.1, 0.15) is 219 Å². The second-order valence-corrected chi connectivity index (χ2v) is 43.2. The van der Waals surface area contributed by atoms with Crippen molar-refractivity contribution in [3.05, 3.63) is 399 Å². The van der Waals surface area contributed by atoms with Crippen molar-refractivity contribution in [1.29, 1.82) is 0 Å². The van der Waals surface area contributed by atoms with Crippen LogP contribution in [-0.4, -0.2) is 34.5 Å². The molecule has 16 heteroatoms. The summed E-state index contributed by atoms with van der Waals surface area (Å²) in [7, 11) is 30.8. The van der Waals surface area contributed by atoms with Gasteiger partial charge in [0.05, 0.1) is 7.11 Å². The van der Waals surface area contributed by atoms with E-state index in [2.05, 4.69) is 461 Å². The number of benzene rings is 11. The van der Waals surface area contributed by atoms with Gasteiger partial charge in [0.25, 0.3) is 0 Å². The molecule has 0 fully saturated rings. The summed E-state index contributed by atoms with van der Waals surface area (Å²) in [6.07, 6.45) is 11.0. The van der Waals surface area contributed by atoms with E-state index in [9.17, 15) is 0 Å². The molecule has 0 radical (unpaired) electrons. The Hall–Kier alpha value is -7.54. The molecule has 3 heterocycles. The first-order valence-electron chi connectivity index (χ1n) is 42.8. The van der Waals surface area contributed by atoms with Gasteiger partial charge in [0.15, 0.2) is 30.4 Å². The Balaban J connectivity index is 0.000000417. The van der Waals surface area contributed by atoms with Crippen LogP contribution in [0, 0.1) is 168 Å². The second-order valence-electron chi connectivity index (χ2n) is 35.3. The molecule has 0 unspecified atom stereocenters. The summed E-state index contributed by atoms with van der Waals surface area (Å²) < 4.78 is 19.4. The van der Waals surface area contributed by atoms with Crippen LogP contribution in [0.3, 0.4) is 0 Å². The van der Waals surface area contributed by atoms with Gasteiger partial charge in [-0.15, -0.1) is 0 Å². The van der Waals surface area contributed by atoms with Gasteiger partial charge in [-0.05, 0) is 308 Å². The monoisotopic (exact) mass is 2120 g/mol. The van der Waals surface area contributed by atoms with E-state index < -0.39 is 0 Å². The quantitative estimate of drug-likeness (QED) is 0.0887. The van der Waals surface area contributed by atoms with Crippen LogP contribution in [0.15, 0.2) is 238 Å². The molecule has 0 aliphatic carbocycles. The van der Waals surface area contributed by atoms with E-state index in [1.807, 2.05) is 12.1 Å². The topological polar surface area (TPSA) is 38.8 Å². The van der Waals surface area contributed by atoms with Gasteiger partial charge >= 0.3 is 104 Å². The molecule has 0 bridgehead atoms. The van der Waals surface area contributed by atoms with Gasteiger partial charge in [-0.1, -0.05) is 182 Å². The zero-order chi connectivity index (χ0) is 93.9. The Kier molecular flexibility index (Phi) is 49.5. The Morgan fingerprint density at radius 2 is 0.527 bits per heavy atom. The number of imidazole rings is 3. The molecule has 14 aromatic rings. The van der Waals surface area contributed by atoms with E-state index in [-0.39, 0.29) is 73.1 Å². The number of ether oxygens (including phenoxy) is 1.